The van der Waals surface area contributed by atoms with Gasteiger partial charge in [-0.15, -0.1) is 11.3 Å². The standard InChI is InChI=1S/C19H13NO3S2/c1-10-20-14-15(21)17(23-2)19(16(22)18(14)24-10)25-13-8-7-11-5-3-4-6-12(11)9-13/h3-9H,1-2H3. The maximum Gasteiger partial charge on any atom is 0.248 e. The van der Waals surface area contributed by atoms with Crippen LogP contribution in [0.3, 0.4) is 0 Å². The Morgan fingerprint density at radius 2 is 1.80 bits per heavy atom. The fourth-order valence-corrected chi connectivity index (χ4v) is 4.73. The number of methoxy groups -OCH3 is 1. The summed E-state index contributed by atoms with van der Waals surface area (Å²) < 4.78 is 5.27. The van der Waals surface area contributed by atoms with Gasteiger partial charge in [-0.3, -0.25) is 9.59 Å². The molecule has 4 nitrogen and oxygen atoms in total. The summed E-state index contributed by atoms with van der Waals surface area (Å²) in [6, 6.07) is 14.0. The van der Waals surface area contributed by atoms with Crippen molar-refractivity contribution in [3.63, 3.8) is 0 Å². The second-order valence-electron chi connectivity index (χ2n) is 5.54. The van der Waals surface area contributed by atoms with Crippen molar-refractivity contribution in [2.45, 2.75) is 11.8 Å². The lowest BCUT2D eigenvalue weighted by atomic mass is 10.1. The monoisotopic (exact) mass is 367 g/mol. The van der Waals surface area contributed by atoms with Gasteiger partial charge in [-0.05, 0) is 29.8 Å². The van der Waals surface area contributed by atoms with Crippen LogP contribution in [0, 0.1) is 6.92 Å². The third kappa shape index (κ3) is 2.67. The van der Waals surface area contributed by atoms with E-state index in [9.17, 15) is 9.59 Å². The van der Waals surface area contributed by atoms with Crippen LogP contribution in [0.25, 0.3) is 10.8 Å². The number of hydrogen-bond donors (Lipinski definition) is 0. The van der Waals surface area contributed by atoms with Crippen LogP contribution in [0.1, 0.15) is 25.2 Å². The summed E-state index contributed by atoms with van der Waals surface area (Å²) in [5.41, 5.74) is 0.201. The molecule has 25 heavy (non-hydrogen) atoms. The number of aromatic nitrogens is 1. The molecular formula is C19H13NO3S2. The van der Waals surface area contributed by atoms with Crippen molar-refractivity contribution in [2.75, 3.05) is 7.11 Å². The Balaban J connectivity index is 1.78. The van der Waals surface area contributed by atoms with Crippen LogP contribution in [0.5, 0.6) is 0 Å². The fourth-order valence-electron chi connectivity index (χ4n) is 2.78. The third-order valence-corrected chi connectivity index (χ3v) is 5.95. The minimum atomic E-state index is -0.329. The number of carbonyl (C=O) groups is 2. The largest absolute Gasteiger partial charge is 0.491 e. The molecule has 124 valence electrons. The van der Waals surface area contributed by atoms with Crippen LogP contribution >= 0.6 is 23.1 Å². The molecule has 0 fully saturated rings. The smallest absolute Gasteiger partial charge is 0.248 e. The number of benzene rings is 2. The normalized spacial score (nSPS) is 14.2. The molecule has 0 N–H and O–H groups in total. The molecule has 0 atom stereocenters. The first-order valence-corrected chi connectivity index (χ1v) is 9.23. The number of carbonyl (C=O) groups excluding carboxylic acids is 2. The van der Waals surface area contributed by atoms with Crippen LogP contribution in [0.15, 0.2) is 58.0 Å². The molecule has 3 aromatic rings. The molecule has 1 heterocycles. The number of Topliss-reactive ketones (excluding diaryl/α,β-unsaturated/α-hetero) is 2. The molecule has 0 amide bonds. The van der Waals surface area contributed by atoms with Gasteiger partial charge in [-0.2, -0.15) is 0 Å². The summed E-state index contributed by atoms with van der Waals surface area (Å²) in [4.78, 5) is 31.3. The van der Waals surface area contributed by atoms with Gasteiger partial charge in [0.15, 0.2) is 5.76 Å². The molecule has 2 aromatic carbocycles. The van der Waals surface area contributed by atoms with E-state index >= 15 is 0 Å². The molecule has 0 saturated heterocycles. The molecule has 0 saturated carbocycles. The fraction of sp³-hybridized carbons (Fsp3) is 0.105. The highest BCUT2D eigenvalue weighted by Gasteiger charge is 2.37. The molecule has 0 radical (unpaired) electrons. The minimum Gasteiger partial charge on any atom is -0.491 e. The van der Waals surface area contributed by atoms with E-state index in [1.54, 1.807) is 6.92 Å². The van der Waals surface area contributed by atoms with Crippen molar-refractivity contribution in [2.24, 2.45) is 0 Å². The molecule has 1 aliphatic rings. The maximum atomic E-state index is 12.9. The van der Waals surface area contributed by atoms with E-state index in [4.69, 9.17) is 4.74 Å². The van der Waals surface area contributed by atoms with Gasteiger partial charge >= 0.3 is 0 Å². The number of aryl methyl sites for hydroxylation is 1. The summed E-state index contributed by atoms with van der Waals surface area (Å²) in [7, 11) is 1.41. The Labute approximate surface area is 152 Å². The predicted molar refractivity (Wildman–Crippen MR) is 99.4 cm³/mol. The van der Waals surface area contributed by atoms with Crippen molar-refractivity contribution in [3.05, 3.63) is 68.7 Å². The first-order chi connectivity index (χ1) is 12.1. The molecule has 0 unspecified atom stereocenters. The lowest BCUT2D eigenvalue weighted by Crippen LogP contribution is -2.20. The van der Waals surface area contributed by atoms with Crippen LogP contribution < -0.4 is 0 Å². The Bertz CT molecular complexity index is 1070. The van der Waals surface area contributed by atoms with E-state index < -0.39 is 0 Å². The van der Waals surface area contributed by atoms with E-state index in [-0.39, 0.29) is 23.0 Å². The molecule has 6 heteroatoms. The predicted octanol–water partition coefficient (Wildman–Crippen LogP) is 4.63. The van der Waals surface area contributed by atoms with Crippen molar-refractivity contribution >= 4 is 45.4 Å². The van der Waals surface area contributed by atoms with Crippen LogP contribution in [0.2, 0.25) is 0 Å². The summed E-state index contributed by atoms with van der Waals surface area (Å²) >= 11 is 2.51. The number of fused-ring (bicyclic) bond motifs is 2. The highest BCUT2D eigenvalue weighted by molar-refractivity contribution is 8.04. The average molecular weight is 367 g/mol. The van der Waals surface area contributed by atoms with E-state index in [2.05, 4.69) is 4.98 Å². The number of thioether (sulfide) groups is 1. The molecular weight excluding hydrogens is 354 g/mol. The Morgan fingerprint density at radius 1 is 1.04 bits per heavy atom. The van der Waals surface area contributed by atoms with Crippen LogP contribution in [-0.4, -0.2) is 23.7 Å². The number of hydrogen-bond acceptors (Lipinski definition) is 6. The average Bonchev–Trinajstić information content (AvgIpc) is 3.02. The topological polar surface area (TPSA) is 56.3 Å². The summed E-state index contributed by atoms with van der Waals surface area (Å²) in [5, 5.41) is 2.90. The van der Waals surface area contributed by atoms with Crippen molar-refractivity contribution in [3.8, 4) is 0 Å². The SMILES string of the molecule is COC1=C(Sc2ccc3ccccc3c2)C(=O)c2sc(C)nc2C1=O. The van der Waals surface area contributed by atoms with E-state index in [0.717, 1.165) is 15.7 Å². The highest BCUT2D eigenvalue weighted by atomic mass is 32.2. The van der Waals surface area contributed by atoms with E-state index in [1.165, 1.54) is 30.2 Å². The Kier molecular flexibility index (Phi) is 3.94. The Morgan fingerprint density at radius 3 is 2.56 bits per heavy atom. The van der Waals surface area contributed by atoms with Gasteiger partial charge in [0.1, 0.15) is 15.5 Å². The molecule has 0 bridgehead atoms. The maximum absolute atomic E-state index is 12.9. The number of ether oxygens (including phenoxy) is 1. The zero-order chi connectivity index (χ0) is 17.6. The second kappa shape index (κ2) is 6.13. The second-order valence-corrected chi connectivity index (χ2v) is 7.83. The molecule has 4 rings (SSSR count). The first-order valence-electron chi connectivity index (χ1n) is 7.60. The number of ketones is 2. The van der Waals surface area contributed by atoms with Gasteiger partial charge in [-0.25, -0.2) is 4.98 Å². The number of nitrogens with zero attached hydrogens (tertiary/aromatic N) is 1. The summed E-state index contributed by atoms with van der Waals surface area (Å²) in [6.45, 7) is 1.78. The van der Waals surface area contributed by atoms with Crippen molar-refractivity contribution in [1.29, 1.82) is 0 Å². The zero-order valence-corrected chi connectivity index (χ0v) is 15.2. The third-order valence-electron chi connectivity index (χ3n) is 3.92. The molecule has 1 aromatic heterocycles. The Hall–Kier alpha value is -2.44. The molecule has 0 aliphatic heterocycles. The van der Waals surface area contributed by atoms with E-state index in [1.807, 2.05) is 42.5 Å². The van der Waals surface area contributed by atoms with Gasteiger partial charge in [-0.1, -0.05) is 42.1 Å². The number of thiazole rings is 1. The van der Waals surface area contributed by atoms with E-state index in [0.29, 0.717) is 14.8 Å². The number of allylic oxidation sites excluding steroid dienone is 2. The first kappa shape index (κ1) is 16.1. The summed E-state index contributed by atoms with van der Waals surface area (Å²) in [6.07, 6.45) is 0. The molecule has 0 spiro atoms. The lowest BCUT2D eigenvalue weighted by molar-refractivity contribution is 0.0911. The minimum absolute atomic E-state index is 0.0703. The zero-order valence-electron chi connectivity index (χ0n) is 13.5. The van der Waals surface area contributed by atoms with Crippen molar-refractivity contribution < 1.29 is 14.3 Å². The van der Waals surface area contributed by atoms with Crippen LogP contribution in [-0.2, 0) is 4.74 Å². The van der Waals surface area contributed by atoms with Gasteiger partial charge in [0.05, 0.1) is 12.1 Å². The lowest BCUT2D eigenvalue weighted by Gasteiger charge is -2.16. The molecule has 1 aliphatic carbocycles. The quantitative estimate of drug-likeness (QED) is 0.675. The van der Waals surface area contributed by atoms with Gasteiger partial charge in [0.2, 0.25) is 11.6 Å². The van der Waals surface area contributed by atoms with Crippen LogP contribution in [0.4, 0.5) is 0 Å². The van der Waals surface area contributed by atoms with Gasteiger partial charge < -0.3 is 4.74 Å². The van der Waals surface area contributed by atoms with Crippen molar-refractivity contribution in [1.82, 2.24) is 4.98 Å². The van der Waals surface area contributed by atoms with Gasteiger partial charge in [0.25, 0.3) is 0 Å². The summed E-state index contributed by atoms with van der Waals surface area (Å²) in [5.74, 6) is -0.457. The highest BCUT2D eigenvalue weighted by Crippen LogP contribution is 2.39. The van der Waals surface area contributed by atoms with Gasteiger partial charge in [0, 0.05) is 4.90 Å². The number of rotatable bonds is 3.